The molecule has 1 aromatic carbocycles. The number of rotatable bonds is 3. The molecule has 0 saturated heterocycles. The second-order valence-electron chi connectivity index (χ2n) is 6.89. The predicted molar refractivity (Wildman–Crippen MR) is 96.1 cm³/mol. The first-order valence-electron chi connectivity index (χ1n) is 8.26. The maximum atomic E-state index is 12.9. The van der Waals surface area contributed by atoms with Gasteiger partial charge in [-0.1, -0.05) is 22.9 Å². The average Bonchev–Trinajstić information content (AvgIpc) is 3.25. The summed E-state index contributed by atoms with van der Waals surface area (Å²) >= 11 is 3.48. The summed E-state index contributed by atoms with van der Waals surface area (Å²) in [7, 11) is 0. The number of benzene rings is 1. The van der Waals surface area contributed by atoms with Crippen molar-refractivity contribution in [2.24, 2.45) is 5.92 Å². The second kappa shape index (κ2) is 6.12. The lowest BCUT2D eigenvalue weighted by atomic mass is 9.85. The largest absolute Gasteiger partial charge is 0.328 e. The first-order chi connectivity index (χ1) is 12.4. The molecular weight excluding hydrogens is 403 g/mol. The average molecular weight is 419 g/mol. The molecule has 1 saturated carbocycles. The highest BCUT2D eigenvalue weighted by Crippen LogP contribution is 2.57. The number of hydrogen-bond donors (Lipinski definition) is 1. The van der Waals surface area contributed by atoms with E-state index in [4.69, 9.17) is 0 Å². The van der Waals surface area contributed by atoms with E-state index in [1.54, 1.807) is 4.90 Å². The van der Waals surface area contributed by atoms with E-state index in [0.717, 1.165) is 28.9 Å². The monoisotopic (exact) mass is 418 g/mol. The third-order valence-corrected chi connectivity index (χ3v) is 5.66. The van der Waals surface area contributed by atoms with E-state index >= 15 is 0 Å². The number of carbonyl (C=O) groups excluding carboxylic acids is 2. The number of aromatic nitrogens is 2. The third-order valence-electron chi connectivity index (χ3n) is 5.17. The standard InChI is InChI=1S/C18H16BrFN4O2/c1-10-5-18(10)9-24(16(26)13-3-2-11(19)4-14(13)18)8-15(25)23-17-21-6-12(20)7-22-17/h2-4,6-7,10H,5,8-9H2,1H3,(H,21,22,23,25). The van der Waals surface area contributed by atoms with Gasteiger partial charge in [-0.05, 0) is 36.1 Å². The van der Waals surface area contributed by atoms with E-state index < -0.39 is 11.7 Å². The van der Waals surface area contributed by atoms with Crippen molar-refractivity contribution in [1.29, 1.82) is 0 Å². The molecule has 1 N–H and O–H groups in total. The number of nitrogens with one attached hydrogen (secondary N) is 1. The minimum absolute atomic E-state index is 0.0136. The van der Waals surface area contributed by atoms with Crippen LogP contribution in [0.4, 0.5) is 10.3 Å². The SMILES string of the molecule is CC1CC12CN(CC(=O)Nc1ncc(F)cn1)C(=O)c1ccc(Br)cc12. The first kappa shape index (κ1) is 17.1. The third kappa shape index (κ3) is 2.88. The summed E-state index contributed by atoms with van der Waals surface area (Å²) < 4.78 is 13.8. The Kier molecular flexibility index (Phi) is 4.02. The summed E-state index contributed by atoms with van der Waals surface area (Å²) in [4.78, 5) is 34.1. The lowest BCUT2D eigenvalue weighted by Gasteiger charge is -2.35. The van der Waals surface area contributed by atoms with Crippen molar-refractivity contribution in [3.8, 4) is 0 Å². The number of fused-ring (bicyclic) bond motifs is 2. The summed E-state index contributed by atoms with van der Waals surface area (Å²) in [6, 6.07) is 5.66. The summed E-state index contributed by atoms with van der Waals surface area (Å²) in [5.41, 5.74) is 1.62. The Bertz CT molecular complexity index is 905. The van der Waals surface area contributed by atoms with Crippen LogP contribution in [0.3, 0.4) is 0 Å². The minimum Gasteiger partial charge on any atom is -0.328 e. The van der Waals surface area contributed by atoms with Gasteiger partial charge in [0.2, 0.25) is 11.9 Å². The summed E-state index contributed by atoms with van der Waals surface area (Å²) in [5.74, 6) is -0.683. The van der Waals surface area contributed by atoms with Crippen LogP contribution in [0.5, 0.6) is 0 Å². The highest BCUT2D eigenvalue weighted by atomic mass is 79.9. The molecule has 134 valence electrons. The van der Waals surface area contributed by atoms with Crippen LogP contribution in [0.25, 0.3) is 0 Å². The van der Waals surface area contributed by atoms with Gasteiger partial charge in [0, 0.05) is 22.0 Å². The highest BCUT2D eigenvalue weighted by Gasteiger charge is 2.57. The van der Waals surface area contributed by atoms with Crippen LogP contribution in [-0.4, -0.2) is 39.8 Å². The van der Waals surface area contributed by atoms with E-state index in [0.29, 0.717) is 18.0 Å². The molecule has 2 aromatic rings. The van der Waals surface area contributed by atoms with E-state index in [1.165, 1.54) is 0 Å². The maximum absolute atomic E-state index is 12.9. The molecule has 2 atom stereocenters. The minimum atomic E-state index is -0.582. The van der Waals surface area contributed by atoms with Gasteiger partial charge in [0.15, 0.2) is 5.82 Å². The Morgan fingerprint density at radius 2 is 2.12 bits per heavy atom. The van der Waals surface area contributed by atoms with Gasteiger partial charge in [0.1, 0.15) is 6.54 Å². The molecule has 2 heterocycles. The summed E-state index contributed by atoms with van der Waals surface area (Å²) in [6.45, 7) is 2.57. The lowest BCUT2D eigenvalue weighted by molar-refractivity contribution is -0.117. The molecule has 26 heavy (non-hydrogen) atoms. The highest BCUT2D eigenvalue weighted by molar-refractivity contribution is 9.10. The van der Waals surface area contributed by atoms with E-state index in [-0.39, 0.29) is 23.8 Å². The first-order valence-corrected chi connectivity index (χ1v) is 9.05. The molecule has 1 aromatic heterocycles. The van der Waals surface area contributed by atoms with Crippen LogP contribution in [0.1, 0.15) is 29.3 Å². The van der Waals surface area contributed by atoms with Crippen molar-refractivity contribution in [2.75, 3.05) is 18.4 Å². The van der Waals surface area contributed by atoms with Crippen LogP contribution in [0.15, 0.2) is 35.1 Å². The molecule has 1 fully saturated rings. The van der Waals surface area contributed by atoms with E-state index in [1.807, 2.05) is 18.2 Å². The lowest BCUT2D eigenvalue weighted by Crippen LogP contribution is -2.47. The summed E-state index contributed by atoms with van der Waals surface area (Å²) in [5, 5.41) is 2.50. The summed E-state index contributed by atoms with van der Waals surface area (Å²) in [6.07, 6.45) is 2.94. The van der Waals surface area contributed by atoms with Crippen LogP contribution in [0, 0.1) is 11.7 Å². The van der Waals surface area contributed by atoms with Crippen molar-refractivity contribution >= 4 is 33.7 Å². The smallest absolute Gasteiger partial charge is 0.254 e. The zero-order chi connectivity index (χ0) is 18.5. The Labute approximate surface area is 158 Å². The van der Waals surface area contributed by atoms with E-state index in [2.05, 4.69) is 38.1 Å². The topological polar surface area (TPSA) is 75.2 Å². The van der Waals surface area contributed by atoms with Gasteiger partial charge in [-0.3, -0.25) is 14.9 Å². The van der Waals surface area contributed by atoms with Crippen molar-refractivity contribution < 1.29 is 14.0 Å². The molecule has 1 spiro atoms. The fourth-order valence-electron chi connectivity index (χ4n) is 3.71. The molecule has 2 unspecified atom stereocenters. The van der Waals surface area contributed by atoms with Crippen molar-refractivity contribution in [3.05, 3.63) is 52.0 Å². The molecule has 8 heteroatoms. The Balaban J connectivity index is 1.54. The number of amides is 2. The fourth-order valence-corrected chi connectivity index (χ4v) is 4.07. The molecule has 0 bridgehead atoms. The van der Waals surface area contributed by atoms with Crippen LogP contribution in [0.2, 0.25) is 0 Å². The van der Waals surface area contributed by atoms with Crippen LogP contribution < -0.4 is 5.32 Å². The molecule has 6 nitrogen and oxygen atoms in total. The van der Waals surface area contributed by atoms with E-state index in [9.17, 15) is 14.0 Å². The zero-order valence-corrected chi connectivity index (χ0v) is 15.6. The molecular formula is C18H16BrFN4O2. The van der Waals surface area contributed by atoms with Gasteiger partial charge >= 0.3 is 0 Å². The molecule has 1 aliphatic carbocycles. The number of halogens is 2. The fraction of sp³-hybridized carbons (Fsp3) is 0.333. The van der Waals surface area contributed by atoms with Gasteiger partial charge in [0.05, 0.1) is 12.4 Å². The molecule has 0 radical (unpaired) electrons. The number of nitrogens with zero attached hydrogens (tertiary/aromatic N) is 3. The molecule has 1 aliphatic heterocycles. The number of anilines is 1. The van der Waals surface area contributed by atoms with Crippen molar-refractivity contribution in [2.45, 2.75) is 18.8 Å². The Hall–Kier alpha value is -2.35. The predicted octanol–water partition coefficient (Wildman–Crippen LogP) is 2.75. The van der Waals surface area contributed by atoms with Crippen LogP contribution in [-0.2, 0) is 10.2 Å². The van der Waals surface area contributed by atoms with Gasteiger partial charge < -0.3 is 4.90 Å². The van der Waals surface area contributed by atoms with Crippen molar-refractivity contribution in [1.82, 2.24) is 14.9 Å². The number of hydrogen-bond acceptors (Lipinski definition) is 4. The van der Waals surface area contributed by atoms with Crippen molar-refractivity contribution in [3.63, 3.8) is 0 Å². The zero-order valence-electron chi connectivity index (χ0n) is 14.0. The van der Waals surface area contributed by atoms with Crippen LogP contribution >= 0.6 is 15.9 Å². The normalized spacial score (nSPS) is 23.7. The van der Waals surface area contributed by atoms with Gasteiger partial charge in [-0.2, -0.15) is 0 Å². The maximum Gasteiger partial charge on any atom is 0.254 e. The van der Waals surface area contributed by atoms with Gasteiger partial charge in [-0.25, -0.2) is 14.4 Å². The van der Waals surface area contributed by atoms with Gasteiger partial charge in [0.25, 0.3) is 5.91 Å². The quantitative estimate of drug-likeness (QED) is 0.831. The second-order valence-corrected chi connectivity index (χ2v) is 7.80. The Morgan fingerprint density at radius 1 is 1.42 bits per heavy atom. The van der Waals surface area contributed by atoms with Gasteiger partial charge in [-0.15, -0.1) is 0 Å². The Morgan fingerprint density at radius 3 is 2.77 bits per heavy atom. The molecule has 2 aliphatic rings. The molecule has 2 amide bonds. The molecule has 4 rings (SSSR count). The number of carbonyl (C=O) groups is 2.